The van der Waals surface area contributed by atoms with Crippen LogP contribution in [0.1, 0.15) is 316 Å². The fourth-order valence-electron chi connectivity index (χ4n) is 8.49. The first kappa shape index (κ1) is 53.5. The van der Waals surface area contributed by atoms with E-state index in [1.165, 1.54) is 276 Å². The Morgan fingerprint density at radius 1 is 0.278 bits per heavy atom. The molecule has 0 amide bonds. The molecule has 0 fully saturated rings. The molecule has 0 aromatic heterocycles. The summed E-state index contributed by atoms with van der Waals surface area (Å²) in [7, 11) is 0. The van der Waals surface area contributed by atoms with Crippen molar-refractivity contribution >= 4 is 5.97 Å². The minimum Gasteiger partial charge on any atom is -0.465 e. The number of ether oxygens (including phenoxy) is 1. The SMILES string of the molecule is CCCCCCCCCCCCCCCCCCC(CCCCCCCCCCCCCCCC)C(=O)OCCCCCCCCCCCCCCCC. The molecular formula is C52H104O2. The summed E-state index contributed by atoms with van der Waals surface area (Å²) in [4.78, 5) is 13.2. The molecule has 324 valence electrons. The molecular weight excluding hydrogens is 657 g/mol. The lowest BCUT2D eigenvalue weighted by Gasteiger charge is -2.16. The van der Waals surface area contributed by atoms with Crippen LogP contribution in [0.3, 0.4) is 0 Å². The van der Waals surface area contributed by atoms with E-state index in [4.69, 9.17) is 4.74 Å². The van der Waals surface area contributed by atoms with Gasteiger partial charge in [0.05, 0.1) is 12.5 Å². The fraction of sp³-hybridized carbons (Fsp3) is 0.981. The van der Waals surface area contributed by atoms with Gasteiger partial charge in [0.2, 0.25) is 0 Å². The van der Waals surface area contributed by atoms with Crippen molar-refractivity contribution in [3.8, 4) is 0 Å². The van der Waals surface area contributed by atoms with Crippen LogP contribution in [0.15, 0.2) is 0 Å². The Balaban J connectivity index is 4.07. The molecule has 0 radical (unpaired) electrons. The third-order valence-corrected chi connectivity index (χ3v) is 12.4. The molecule has 0 N–H and O–H groups in total. The van der Waals surface area contributed by atoms with E-state index in [1.54, 1.807) is 0 Å². The maximum absolute atomic E-state index is 13.2. The molecule has 0 spiro atoms. The third-order valence-electron chi connectivity index (χ3n) is 12.4. The summed E-state index contributed by atoms with van der Waals surface area (Å²) in [5, 5.41) is 0. The van der Waals surface area contributed by atoms with E-state index in [9.17, 15) is 4.79 Å². The van der Waals surface area contributed by atoms with Gasteiger partial charge in [0.1, 0.15) is 0 Å². The van der Waals surface area contributed by atoms with Gasteiger partial charge in [0, 0.05) is 0 Å². The molecule has 1 atom stereocenters. The lowest BCUT2D eigenvalue weighted by molar-refractivity contribution is -0.149. The molecule has 0 heterocycles. The van der Waals surface area contributed by atoms with Gasteiger partial charge >= 0.3 is 5.97 Å². The Morgan fingerprint density at radius 3 is 0.685 bits per heavy atom. The monoisotopic (exact) mass is 761 g/mol. The van der Waals surface area contributed by atoms with Crippen molar-refractivity contribution in [2.75, 3.05) is 6.61 Å². The average Bonchev–Trinajstić information content (AvgIpc) is 3.18. The molecule has 1 unspecified atom stereocenters. The van der Waals surface area contributed by atoms with Crippen LogP contribution in [0.5, 0.6) is 0 Å². The Labute approximate surface area is 343 Å². The Kier molecular flexibility index (Phi) is 48.1. The minimum atomic E-state index is 0.125. The van der Waals surface area contributed by atoms with Gasteiger partial charge in [-0.3, -0.25) is 4.79 Å². The van der Waals surface area contributed by atoms with Gasteiger partial charge in [0.25, 0.3) is 0 Å². The molecule has 0 saturated carbocycles. The van der Waals surface area contributed by atoms with Gasteiger partial charge in [-0.15, -0.1) is 0 Å². The van der Waals surface area contributed by atoms with Crippen LogP contribution in [0.25, 0.3) is 0 Å². The van der Waals surface area contributed by atoms with E-state index in [0.717, 1.165) is 19.3 Å². The normalized spacial score (nSPS) is 12.1. The molecule has 2 heteroatoms. The summed E-state index contributed by atoms with van der Waals surface area (Å²) in [5.74, 6) is 0.265. The predicted molar refractivity (Wildman–Crippen MR) is 244 cm³/mol. The number of carbonyl (C=O) groups excluding carboxylic acids is 1. The number of rotatable bonds is 48. The van der Waals surface area contributed by atoms with E-state index < -0.39 is 0 Å². The smallest absolute Gasteiger partial charge is 0.308 e. The molecule has 0 rings (SSSR count). The average molecular weight is 761 g/mol. The predicted octanol–water partition coefficient (Wildman–Crippen LogP) is 19.2. The molecule has 2 nitrogen and oxygen atoms in total. The Hall–Kier alpha value is -0.530. The maximum Gasteiger partial charge on any atom is 0.308 e. The molecule has 0 aromatic carbocycles. The zero-order valence-corrected chi connectivity index (χ0v) is 38.1. The van der Waals surface area contributed by atoms with E-state index in [0.29, 0.717) is 6.61 Å². The molecule has 0 aliphatic carbocycles. The number of hydrogen-bond donors (Lipinski definition) is 0. The highest BCUT2D eigenvalue weighted by Gasteiger charge is 2.19. The van der Waals surface area contributed by atoms with Crippen LogP contribution in [0, 0.1) is 5.92 Å². The van der Waals surface area contributed by atoms with E-state index in [-0.39, 0.29) is 11.9 Å². The molecule has 0 aliphatic rings. The quantitative estimate of drug-likeness (QED) is 0.0456. The van der Waals surface area contributed by atoms with Crippen LogP contribution in [-0.4, -0.2) is 12.6 Å². The van der Waals surface area contributed by atoms with Crippen molar-refractivity contribution in [3.63, 3.8) is 0 Å². The maximum atomic E-state index is 13.2. The van der Waals surface area contributed by atoms with E-state index in [2.05, 4.69) is 20.8 Å². The highest BCUT2D eigenvalue weighted by atomic mass is 16.5. The van der Waals surface area contributed by atoms with Crippen molar-refractivity contribution in [1.82, 2.24) is 0 Å². The Bertz CT molecular complexity index is 673. The number of unbranched alkanes of at least 4 members (excludes halogenated alkanes) is 41. The third kappa shape index (κ3) is 44.2. The van der Waals surface area contributed by atoms with Gasteiger partial charge in [0.15, 0.2) is 0 Å². The van der Waals surface area contributed by atoms with Crippen LogP contribution in [0.2, 0.25) is 0 Å². The second kappa shape index (κ2) is 48.6. The molecule has 0 aromatic rings. The lowest BCUT2D eigenvalue weighted by Crippen LogP contribution is -2.18. The van der Waals surface area contributed by atoms with Crippen molar-refractivity contribution in [2.45, 2.75) is 316 Å². The van der Waals surface area contributed by atoms with Crippen molar-refractivity contribution in [1.29, 1.82) is 0 Å². The molecule has 54 heavy (non-hydrogen) atoms. The summed E-state index contributed by atoms with van der Waals surface area (Å²) in [6.07, 6.45) is 63.1. The van der Waals surface area contributed by atoms with Crippen molar-refractivity contribution in [2.24, 2.45) is 5.92 Å². The fourth-order valence-corrected chi connectivity index (χ4v) is 8.49. The van der Waals surface area contributed by atoms with Crippen LogP contribution < -0.4 is 0 Å². The molecule has 0 aliphatic heterocycles. The summed E-state index contributed by atoms with van der Waals surface area (Å²) in [6.45, 7) is 7.55. The van der Waals surface area contributed by atoms with Crippen LogP contribution in [0.4, 0.5) is 0 Å². The largest absolute Gasteiger partial charge is 0.465 e. The van der Waals surface area contributed by atoms with Gasteiger partial charge in [-0.25, -0.2) is 0 Å². The van der Waals surface area contributed by atoms with Crippen LogP contribution >= 0.6 is 0 Å². The highest BCUT2D eigenvalue weighted by Crippen LogP contribution is 2.22. The van der Waals surface area contributed by atoms with Crippen LogP contribution in [-0.2, 0) is 9.53 Å². The minimum absolute atomic E-state index is 0.125. The van der Waals surface area contributed by atoms with Gasteiger partial charge in [-0.05, 0) is 19.3 Å². The second-order valence-electron chi connectivity index (χ2n) is 17.9. The number of hydrogen-bond acceptors (Lipinski definition) is 2. The summed E-state index contributed by atoms with van der Waals surface area (Å²) >= 11 is 0. The van der Waals surface area contributed by atoms with Gasteiger partial charge in [-0.1, -0.05) is 297 Å². The highest BCUT2D eigenvalue weighted by molar-refractivity contribution is 5.72. The second-order valence-corrected chi connectivity index (χ2v) is 17.9. The summed E-state index contributed by atoms with van der Waals surface area (Å²) in [5.41, 5.74) is 0. The molecule has 0 bridgehead atoms. The summed E-state index contributed by atoms with van der Waals surface area (Å²) < 4.78 is 5.92. The van der Waals surface area contributed by atoms with E-state index in [1.807, 2.05) is 0 Å². The zero-order chi connectivity index (χ0) is 39.1. The topological polar surface area (TPSA) is 26.3 Å². The van der Waals surface area contributed by atoms with Crippen molar-refractivity contribution in [3.05, 3.63) is 0 Å². The molecule has 0 saturated heterocycles. The lowest BCUT2D eigenvalue weighted by atomic mass is 9.94. The number of carbonyl (C=O) groups is 1. The van der Waals surface area contributed by atoms with Gasteiger partial charge < -0.3 is 4.74 Å². The van der Waals surface area contributed by atoms with Crippen molar-refractivity contribution < 1.29 is 9.53 Å². The first-order chi connectivity index (χ1) is 26.8. The van der Waals surface area contributed by atoms with E-state index >= 15 is 0 Å². The summed E-state index contributed by atoms with van der Waals surface area (Å²) in [6, 6.07) is 0. The standard InChI is InChI=1S/C52H104O2/c1-4-7-10-13-16-19-22-25-28-29-31-34-37-40-43-46-49-51(48-45-42-39-36-33-30-26-23-20-17-14-11-8-5-2)52(53)54-50-47-44-41-38-35-32-27-24-21-18-15-12-9-6-3/h51H,4-50H2,1-3H3. The first-order valence-corrected chi connectivity index (χ1v) is 25.9. The number of esters is 1. The van der Waals surface area contributed by atoms with Gasteiger partial charge in [-0.2, -0.15) is 0 Å². The first-order valence-electron chi connectivity index (χ1n) is 25.9. The zero-order valence-electron chi connectivity index (χ0n) is 38.1. The Morgan fingerprint density at radius 2 is 0.463 bits per heavy atom.